The first-order chi connectivity index (χ1) is 11.9. The summed E-state index contributed by atoms with van der Waals surface area (Å²) in [6.45, 7) is 0. The Morgan fingerprint density at radius 2 is 1.76 bits per heavy atom. The number of thiol groups is 1. The summed E-state index contributed by atoms with van der Waals surface area (Å²) in [6.07, 6.45) is 0. The van der Waals surface area contributed by atoms with Crippen LogP contribution in [0.3, 0.4) is 0 Å². The number of nitrogens with zero attached hydrogens (tertiary/aromatic N) is 2. The fourth-order valence-corrected chi connectivity index (χ4v) is 3.31. The van der Waals surface area contributed by atoms with Gasteiger partial charge in [-0.15, -0.1) is 12.6 Å². The van der Waals surface area contributed by atoms with Crippen LogP contribution in [-0.2, 0) is 0 Å². The third-order valence-corrected chi connectivity index (χ3v) is 4.56. The standard InChI is InChI=1S/C16H13Cl2N3O3S/c1-23-13-6-12(8(17)4-9(13)18)21-15(22)7-3-10(19)14(24-2)5-11(7)20-16(21)25/h3-6H,19H2,1-2H3,(H,20,25). The van der Waals surface area contributed by atoms with Crippen molar-refractivity contribution in [3.8, 4) is 17.2 Å². The van der Waals surface area contributed by atoms with Crippen molar-refractivity contribution >= 4 is 52.4 Å². The van der Waals surface area contributed by atoms with Crippen LogP contribution in [0.5, 0.6) is 11.5 Å². The number of hydrogen-bond donors (Lipinski definition) is 2. The highest BCUT2D eigenvalue weighted by Gasteiger charge is 2.17. The van der Waals surface area contributed by atoms with E-state index in [4.69, 9.17) is 38.4 Å². The van der Waals surface area contributed by atoms with E-state index in [9.17, 15) is 4.79 Å². The van der Waals surface area contributed by atoms with Crippen molar-refractivity contribution in [1.29, 1.82) is 0 Å². The summed E-state index contributed by atoms with van der Waals surface area (Å²) in [5.41, 5.74) is 6.61. The Morgan fingerprint density at radius 1 is 1.08 bits per heavy atom. The summed E-state index contributed by atoms with van der Waals surface area (Å²) in [4.78, 5) is 17.3. The monoisotopic (exact) mass is 397 g/mol. The van der Waals surface area contributed by atoms with Gasteiger partial charge in [-0.3, -0.25) is 9.36 Å². The number of anilines is 1. The van der Waals surface area contributed by atoms with Crippen LogP contribution in [-0.4, -0.2) is 23.8 Å². The highest BCUT2D eigenvalue weighted by molar-refractivity contribution is 7.80. The SMILES string of the molecule is COc1cc2nc(S)n(-c3cc(OC)c(Cl)cc3Cl)c(=O)c2cc1N. The predicted octanol–water partition coefficient (Wildman–Crippen LogP) is 3.58. The van der Waals surface area contributed by atoms with Crippen molar-refractivity contribution in [2.24, 2.45) is 0 Å². The molecular formula is C16H13Cl2N3O3S. The van der Waals surface area contributed by atoms with Crippen LogP contribution in [0.4, 0.5) is 5.69 Å². The van der Waals surface area contributed by atoms with Gasteiger partial charge < -0.3 is 15.2 Å². The van der Waals surface area contributed by atoms with Gasteiger partial charge >= 0.3 is 0 Å². The fourth-order valence-electron chi connectivity index (χ4n) is 2.46. The molecule has 0 aliphatic rings. The first-order valence-electron chi connectivity index (χ1n) is 7.00. The van der Waals surface area contributed by atoms with Crippen LogP contribution < -0.4 is 20.8 Å². The number of aromatic nitrogens is 2. The lowest BCUT2D eigenvalue weighted by atomic mass is 10.2. The lowest BCUT2D eigenvalue weighted by Crippen LogP contribution is -2.21. The summed E-state index contributed by atoms with van der Waals surface area (Å²) in [5.74, 6) is 0.797. The van der Waals surface area contributed by atoms with E-state index in [2.05, 4.69) is 17.6 Å². The normalized spacial score (nSPS) is 10.9. The Balaban J connectivity index is 2.37. The second-order valence-electron chi connectivity index (χ2n) is 5.10. The van der Waals surface area contributed by atoms with E-state index >= 15 is 0 Å². The lowest BCUT2D eigenvalue weighted by molar-refractivity contribution is 0.414. The number of ether oxygens (including phenoxy) is 2. The Hall–Kier alpha value is -2.09. The predicted molar refractivity (Wildman–Crippen MR) is 102 cm³/mol. The summed E-state index contributed by atoms with van der Waals surface area (Å²) in [7, 11) is 2.95. The van der Waals surface area contributed by atoms with Crippen molar-refractivity contribution in [2.45, 2.75) is 5.16 Å². The number of halogens is 2. The first kappa shape index (κ1) is 17.7. The second-order valence-corrected chi connectivity index (χ2v) is 6.32. The molecule has 3 aromatic rings. The van der Waals surface area contributed by atoms with Gasteiger partial charge in [-0.05, 0) is 12.1 Å². The zero-order chi connectivity index (χ0) is 18.3. The molecule has 9 heteroatoms. The number of nitrogen functional groups attached to an aromatic ring is 1. The number of hydrogen-bond acceptors (Lipinski definition) is 6. The molecule has 0 radical (unpaired) electrons. The van der Waals surface area contributed by atoms with Crippen LogP contribution in [0, 0.1) is 0 Å². The summed E-state index contributed by atoms with van der Waals surface area (Å²) in [6, 6.07) is 6.13. The number of nitrogens with two attached hydrogens (primary N) is 1. The number of methoxy groups -OCH3 is 2. The molecule has 0 fully saturated rings. The molecule has 0 atom stereocenters. The van der Waals surface area contributed by atoms with Gasteiger partial charge in [0.25, 0.3) is 5.56 Å². The Kier molecular flexibility index (Phi) is 4.73. The molecule has 0 aliphatic carbocycles. The van der Waals surface area contributed by atoms with Gasteiger partial charge in [-0.25, -0.2) is 4.98 Å². The average molecular weight is 398 g/mol. The highest BCUT2D eigenvalue weighted by Crippen LogP contribution is 2.34. The van der Waals surface area contributed by atoms with E-state index in [1.165, 1.54) is 30.9 Å². The van der Waals surface area contributed by atoms with E-state index < -0.39 is 0 Å². The molecule has 1 heterocycles. The molecule has 0 spiro atoms. The fraction of sp³-hybridized carbons (Fsp3) is 0.125. The molecule has 0 saturated heterocycles. The molecule has 3 rings (SSSR count). The molecule has 0 amide bonds. The largest absolute Gasteiger partial charge is 0.495 e. The first-order valence-corrected chi connectivity index (χ1v) is 8.20. The van der Waals surface area contributed by atoms with Gasteiger partial charge in [-0.2, -0.15) is 0 Å². The van der Waals surface area contributed by atoms with Crippen LogP contribution >= 0.6 is 35.8 Å². The van der Waals surface area contributed by atoms with Crippen molar-refractivity contribution in [3.63, 3.8) is 0 Å². The molecule has 1 aromatic heterocycles. The third-order valence-electron chi connectivity index (χ3n) is 3.66. The minimum atomic E-state index is -0.379. The Bertz CT molecular complexity index is 1050. The minimum Gasteiger partial charge on any atom is -0.495 e. The maximum Gasteiger partial charge on any atom is 0.266 e. The van der Waals surface area contributed by atoms with Crippen molar-refractivity contribution in [2.75, 3.05) is 20.0 Å². The van der Waals surface area contributed by atoms with Crippen LogP contribution in [0.1, 0.15) is 0 Å². The molecule has 0 bridgehead atoms. The molecule has 0 aliphatic heterocycles. The smallest absolute Gasteiger partial charge is 0.266 e. The van der Waals surface area contributed by atoms with Gasteiger partial charge in [0.15, 0.2) is 5.16 Å². The van der Waals surface area contributed by atoms with E-state index in [0.717, 1.165) is 0 Å². The molecule has 2 N–H and O–H groups in total. The highest BCUT2D eigenvalue weighted by atomic mass is 35.5. The zero-order valence-electron chi connectivity index (χ0n) is 13.2. The average Bonchev–Trinajstić information content (AvgIpc) is 2.57. The maximum absolute atomic E-state index is 13.0. The maximum atomic E-state index is 13.0. The molecule has 25 heavy (non-hydrogen) atoms. The molecular weight excluding hydrogens is 385 g/mol. The minimum absolute atomic E-state index is 0.149. The van der Waals surface area contributed by atoms with Gasteiger partial charge in [0.1, 0.15) is 11.5 Å². The molecule has 130 valence electrons. The molecule has 6 nitrogen and oxygen atoms in total. The number of benzene rings is 2. The van der Waals surface area contributed by atoms with Crippen LogP contribution in [0.15, 0.2) is 34.2 Å². The van der Waals surface area contributed by atoms with Crippen LogP contribution in [0.2, 0.25) is 10.0 Å². The topological polar surface area (TPSA) is 79.4 Å². The lowest BCUT2D eigenvalue weighted by Gasteiger charge is -2.14. The Labute approximate surface area is 158 Å². The number of fused-ring (bicyclic) bond motifs is 1. The summed E-state index contributed by atoms with van der Waals surface area (Å²) < 4.78 is 11.6. The van der Waals surface area contributed by atoms with E-state index in [1.54, 1.807) is 12.1 Å². The van der Waals surface area contributed by atoms with E-state index in [0.29, 0.717) is 38.8 Å². The molecule has 0 unspecified atom stereocenters. The Morgan fingerprint density at radius 3 is 2.40 bits per heavy atom. The van der Waals surface area contributed by atoms with Crippen molar-refractivity contribution in [1.82, 2.24) is 9.55 Å². The summed E-state index contributed by atoms with van der Waals surface area (Å²) in [5, 5.41) is 1.04. The third kappa shape index (κ3) is 2.99. The van der Waals surface area contributed by atoms with Crippen molar-refractivity contribution < 1.29 is 9.47 Å². The number of rotatable bonds is 3. The summed E-state index contributed by atoms with van der Waals surface area (Å²) >= 11 is 16.6. The van der Waals surface area contributed by atoms with Gasteiger partial charge in [0, 0.05) is 12.1 Å². The zero-order valence-corrected chi connectivity index (χ0v) is 15.6. The van der Waals surface area contributed by atoms with E-state index in [1.807, 2.05) is 0 Å². The van der Waals surface area contributed by atoms with Gasteiger partial charge in [0.2, 0.25) is 0 Å². The quantitative estimate of drug-likeness (QED) is 0.401. The molecule has 0 saturated carbocycles. The van der Waals surface area contributed by atoms with Crippen molar-refractivity contribution in [3.05, 3.63) is 44.7 Å². The van der Waals surface area contributed by atoms with Gasteiger partial charge in [0.05, 0.1) is 46.5 Å². The molecule has 2 aromatic carbocycles. The second kappa shape index (κ2) is 6.67. The van der Waals surface area contributed by atoms with E-state index in [-0.39, 0.29) is 15.7 Å². The van der Waals surface area contributed by atoms with Crippen LogP contribution in [0.25, 0.3) is 16.6 Å². The van der Waals surface area contributed by atoms with Gasteiger partial charge in [-0.1, -0.05) is 23.2 Å².